The quantitative estimate of drug-likeness (QED) is 0.663. The van der Waals surface area contributed by atoms with E-state index in [2.05, 4.69) is 10.4 Å². The number of aromatic nitrogens is 2. The van der Waals surface area contributed by atoms with E-state index in [1.54, 1.807) is 11.7 Å². The van der Waals surface area contributed by atoms with Gasteiger partial charge in [-0.2, -0.15) is 5.10 Å². The van der Waals surface area contributed by atoms with Crippen molar-refractivity contribution in [3.05, 3.63) is 17.5 Å². The Hall–Kier alpha value is -1.36. The summed E-state index contributed by atoms with van der Waals surface area (Å²) in [7, 11) is 1.78. The number of nitrogens with one attached hydrogen (secondary N) is 1. The van der Waals surface area contributed by atoms with Crippen molar-refractivity contribution in [2.45, 2.75) is 5.92 Å². The Balaban J connectivity index is 2.39. The summed E-state index contributed by atoms with van der Waals surface area (Å²) in [6, 6.07) is 0. The molecule has 0 bridgehead atoms. The van der Waals surface area contributed by atoms with Crippen LogP contribution >= 0.6 is 0 Å². The number of hydrogen-bond acceptors (Lipinski definition) is 3. The van der Waals surface area contributed by atoms with Crippen molar-refractivity contribution in [3.8, 4) is 0 Å². The molecule has 0 unspecified atom stereocenters. The molecule has 13 heavy (non-hydrogen) atoms. The fourth-order valence-corrected chi connectivity index (χ4v) is 1.58. The average Bonchev–Trinajstić information content (AvgIpc) is 2.30. The predicted octanol–water partition coefficient (Wildman–Crippen LogP) is -0.195. The van der Waals surface area contributed by atoms with Gasteiger partial charge in [0, 0.05) is 26.1 Å². The molecule has 0 radical (unpaired) electrons. The van der Waals surface area contributed by atoms with Crippen LogP contribution in [-0.2, 0) is 7.05 Å². The molecule has 5 heteroatoms. The van der Waals surface area contributed by atoms with Crippen LogP contribution in [0.4, 0.5) is 0 Å². The van der Waals surface area contributed by atoms with E-state index in [1.807, 2.05) is 0 Å². The number of hydrogen-bond donors (Lipinski definition) is 2. The molecule has 5 nitrogen and oxygen atoms in total. The topological polar surface area (TPSA) is 67.2 Å². The lowest BCUT2D eigenvalue weighted by molar-refractivity contribution is 0.0694. The van der Waals surface area contributed by atoms with Crippen LogP contribution in [0, 0.1) is 0 Å². The standard InChI is InChI=1S/C8H11N3O2/c1-11-7(5-2-9-3-5)6(4-10-11)8(12)13/h4-5,9H,2-3H2,1H3,(H,12,13). The second kappa shape index (κ2) is 2.85. The minimum atomic E-state index is -0.894. The van der Waals surface area contributed by atoms with E-state index in [4.69, 9.17) is 5.11 Å². The van der Waals surface area contributed by atoms with E-state index in [0.717, 1.165) is 18.8 Å². The molecule has 0 amide bonds. The first kappa shape index (κ1) is 8.25. The van der Waals surface area contributed by atoms with Crippen LogP contribution in [0.2, 0.25) is 0 Å². The van der Waals surface area contributed by atoms with E-state index in [9.17, 15) is 4.79 Å². The molecule has 0 aromatic carbocycles. The summed E-state index contributed by atoms with van der Waals surface area (Å²) in [5, 5.41) is 15.9. The lowest BCUT2D eigenvalue weighted by Crippen LogP contribution is -2.41. The van der Waals surface area contributed by atoms with Gasteiger partial charge in [0.2, 0.25) is 0 Å². The summed E-state index contributed by atoms with van der Waals surface area (Å²) >= 11 is 0. The minimum absolute atomic E-state index is 0.304. The maximum Gasteiger partial charge on any atom is 0.339 e. The number of aromatic carboxylic acids is 1. The summed E-state index contributed by atoms with van der Waals surface area (Å²) in [6.07, 6.45) is 1.41. The second-order valence-electron chi connectivity index (χ2n) is 3.23. The number of rotatable bonds is 2. The van der Waals surface area contributed by atoms with E-state index in [-0.39, 0.29) is 0 Å². The van der Waals surface area contributed by atoms with Crippen LogP contribution in [0.15, 0.2) is 6.20 Å². The molecule has 0 aliphatic carbocycles. The molecule has 70 valence electrons. The number of carbonyl (C=O) groups is 1. The molecule has 1 saturated heterocycles. The Morgan fingerprint density at radius 2 is 2.46 bits per heavy atom. The molecule has 2 N–H and O–H groups in total. The Bertz CT molecular complexity index is 341. The summed E-state index contributed by atoms with van der Waals surface area (Å²) in [5.74, 6) is -0.589. The van der Waals surface area contributed by atoms with Crippen LogP contribution in [-0.4, -0.2) is 33.9 Å². The zero-order valence-electron chi connectivity index (χ0n) is 7.32. The van der Waals surface area contributed by atoms with Crippen LogP contribution in [0.3, 0.4) is 0 Å². The van der Waals surface area contributed by atoms with Gasteiger partial charge in [0.1, 0.15) is 5.56 Å². The van der Waals surface area contributed by atoms with Crippen molar-refractivity contribution in [1.29, 1.82) is 0 Å². The van der Waals surface area contributed by atoms with Gasteiger partial charge in [-0.15, -0.1) is 0 Å². The van der Waals surface area contributed by atoms with Gasteiger partial charge in [0.15, 0.2) is 0 Å². The molecule has 1 aliphatic heterocycles. The molecule has 1 aromatic heterocycles. The van der Waals surface area contributed by atoms with Gasteiger partial charge in [-0.3, -0.25) is 4.68 Å². The van der Waals surface area contributed by atoms with Gasteiger partial charge in [-0.25, -0.2) is 4.79 Å². The molecular formula is C8H11N3O2. The van der Waals surface area contributed by atoms with Crippen molar-refractivity contribution in [2.24, 2.45) is 7.05 Å². The van der Waals surface area contributed by atoms with Crippen molar-refractivity contribution in [1.82, 2.24) is 15.1 Å². The van der Waals surface area contributed by atoms with E-state index in [0.29, 0.717) is 11.5 Å². The van der Waals surface area contributed by atoms with Crippen molar-refractivity contribution >= 4 is 5.97 Å². The van der Waals surface area contributed by atoms with Crippen molar-refractivity contribution < 1.29 is 9.90 Å². The van der Waals surface area contributed by atoms with E-state index >= 15 is 0 Å². The highest BCUT2D eigenvalue weighted by molar-refractivity contribution is 5.88. The normalized spacial score (nSPS) is 17.0. The SMILES string of the molecule is Cn1ncc(C(=O)O)c1C1CNC1. The molecular weight excluding hydrogens is 170 g/mol. The highest BCUT2D eigenvalue weighted by Crippen LogP contribution is 2.22. The van der Waals surface area contributed by atoms with Gasteiger partial charge >= 0.3 is 5.97 Å². The molecule has 1 aromatic rings. The van der Waals surface area contributed by atoms with Crippen LogP contribution < -0.4 is 5.32 Å². The van der Waals surface area contributed by atoms with Crippen LogP contribution in [0.5, 0.6) is 0 Å². The maximum atomic E-state index is 10.8. The maximum absolute atomic E-state index is 10.8. The largest absolute Gasteiger partial charge is 0.478 e. The van der Waals surface area contributed by atoms with Crippen molar-refractivity contribution in [2.75, 3.05) is 13.1 Å². The minimum Gasteiger partial charge on any atom is -0.478 e. The van der Waals surface area contributed by atoms with Crippen LogP contribution in [0.1, 0.15) is 22.0 Å². The van der Waals surface area contributed by atoms with Crippen LogP contribution in [0.25, 0.3) is 0 Å². The summed E-state index contributed by atoms with van der Waals surface area (Å²) in [4.78, 5) is 10.8. The zero-order valence-corrected chi connectivity index (χ0v) is 7.32. The average molecular weight is 181 g/mol. The third-order valence-electron chi connectivity index (χ3n) is 2.38. The molecule has 1 aliphatic rings. The second-order valence-corrected chi connectivity index (χ2v) is 3.23. The van der Waals surface area contributed by atoms with Gasteiger partial charge in [0.05, 0.1) is 11.9 Å². The first-order valence-corrected chi connectivity index (χ1v) is 4.16. The Morgan fingerprint density at radius 3 is 2.92 bits per heavy atom. The highest BCUT2D eigenvalue weighted by atomic mass is 16.4. The van der Waals surface area contributed by atoms with E-state index < -0.39 is 5.97 Å². The fraction of sp³-hybridized carbons (Fsp3) is 0.500. The third kappa shape index (κ3) is 1.21. The molecule has 0 saturated carbocycles. The fourth-order valence-electron chi connectivity index (χ4n) is 1.58. The molecule has 0 spiro atoms. The summed E-state index contributed by atoms with van der Waals surface area (Å²) < 4.78 is 1.65. The number of nitrogens with zero attached hydrogens (tertiary/aromatic N) is 2. The molecule has 2 rings (SSSR count). The lowest BCUT2D eigenvalue weighted by Gasteiger charge is -2.27. The molecule has 0 atom stereocenters. The smallest absolute Gasteiger partial charge is 0.339 e. The molecule has 1 fully saturated rings. The Labute approximate surface area is 75.4 Å². The first-order valence-electron chi connectivity index (χ1n) is 4.16. The Kier molecular flexibility index (Phi) is 1.81. The summed E-state index contributed by atoms with van der Waals surface area (Å²) in [6.45, 7) is 1.69. The molecule has 2 heterocycles. The van der Waals surface area contributed by atoms with Gasteiger partial charge in [0.25, 0.3) is 0 Å². The van der Waals surface area contributed by atoms with Gasteiger partial charge in [-0.05, 0) is 0 Å². The Morgan fingerprint density at radius 1 is 1.77 bits per heavy atom. The predicted molar refractivity (Wildman–Crippen MR) is 45.8 cm³/mol. The summed E-state index contributed by atoms with van der Waals surface area (Å²) in [5.41, 5.74) is 1.15. The lowest BCUT2D eigenvalue weighted by atomic mass is 9.96. The van der Waals surface area contributed by atoms with Gasteiger partial charge < -0.3 is 10.4 Å². The third-order valence-corrected chi connectivity index (χ3v) is 2.38. The van der Waals surface area contributed by atoms with Gasteiger partial charge in [-0.1, -0.05) is 0 Å². The zero-order chi connectivity index (χ0) is 9.42. The van der Waals surface area contributed by atoms with E-state index in [1.165, 1.54) is 6.20 Å². The van der Waals surface area contributed by atoms with Crippen molar-refractivity contribution in [3.63, 3.8) is 0 Å². The number of carboxylic acids is 1. The number of aryl methyl sites for hydroxylation is 1. The highest BCUT2D eigenvalue weighted by Gasteiger charge is 2.27. The monoisotopic (exact) mass is 181 g/mol. The first-order chi connectivity index (χ1) is 6.20. The number of carboxylic acid groups (broad SMARTS) is 1.